The molecule has 0 aliphatic heterocycles. The van der Waals surface area contributed by atoms with Gasteiger partial charge in [-0.15, -0.1) is 0 Å². The molecule has 0 bridgehead atoms. The van der Waals surface area contributed by atoms with Gasteiger partial charge in [0.15, 0.2) is 0 Å². The quantitative estimate of drug-likeness (QED) is 0.686. The van der Waals surface area contributed by atoms with Gasteiger partial charge < -0.3 is 10.6 Å². The van der Waals surface area contributed by atoms with Gasteiger partial charge in [0.25, 0.3) is 0 Å². The van der Waals surface area contributed by atoms with Crippen LogP contribution >= 0.6 is 11.6 Å². The maximum absolute atomic E-state index is 5.90. The van der Waals surface area contributed by atoms with E-state index >= 15 is 0 Å². The van der Waals surface area contributed by atoms with Crippen molar-refractivity contribution < 1.29 is 0 Å². The molecule has 0 aliphatic rings. The third kappa shape index (κ3) is 4.70. The fraction of sp³-hybridized carbons (Fsp3) is 0.158. The fourth-order valence-corrected chi connectivity index (χ4v) is 2.47. The van der Waals surface area contributed by atoms with Crippen molar-refractivity contribution in [3.63, 3.8) is 0 Å². The molecule has 1 heterocycles. The van der Waals surface area contributed by atoms with Crippen LogP contribution in [0.4, 0.5) is 11.8 Å². The van der Waals surface area contributed by atoms with Gasteiger partial charge in [0, 0.05) is 24.3 Å². The second-order valence-corrected chi connectivity index (χ2v) is 6.02. The first kappa shape index (κ1) is 16.3. The normalized spacial score (nSPS) is 10.4. The van der Waals surface area contributed by atoms with Crippen molar-refractivity contribution >= 4 is 23.4 Å². The Labute approximate surface area is 146 Å². The third-order valence-electron chi connectivity index (χ3n) is 3.58. The summed E-state index contributed by atoms with van der Waals surface area (Å²) in [6, 6.07) is 18.0. The summed E-state index contributed by atoms with van der Waals surface area (Å²) < 4.78 is 0. The lowest BCUT2D eigenvalue weighted by molar-refractivity contribution is 1.03. The second-order valence-electron chi connectivity index (χ2n) is 5.59. The van der Waals surface area contributed by atoms with Crippen molar-refractivity contribution in [3.8, 4) is 0 Å². The molecule has 0 saturated carbocycles. The number of benzene rings is 2. The second kappa shape index (κ2) is 7.79. The number of anilines is 2. The van der Waals surface area contributed by atoms with Crippen molar-refractivity contribution in [1.82, 2.24) is 9.97 Å². The largest absolute Gasteiger partial charge is 0.366 e. The summed E-state index contributed by atoms with van der Waals surface area (Å²) in [5.74, 6) is 1.39. The van der Waals surface area contributed by atoms with Gasteiger partial charge in [0.2, 0.25) is 5.95 Å². The van der Waals surface area contributed by atoms with Crippen molar-refractivity contribution in [2.24, 2.45) is 0 Å². The van der Waals surface area contributed by atoms with Crippen LogP contribution in [0.1, 0.15) is 16.7 Å². The number of nitrogens with one attached hydrogen (secondary N) is 2. The zero-order valence-electron chi connectivity index (χ0n) is 13.5. The lowest BCUT2D eigenvalue weighted by Crippen LogP contribution is -2.06. The first-order valence-electron chi connectivity index (χ1n) is 7.80. The summed E-state index contributed by atoms with van der Waals surface area (Å²) in [6.45, 7) is 3.47. The van der Waals surface area contributed by atoms with E-state index in [0.29, 0.717) is 19.0 Å². The van der Waals surface area contributed by atoms with Gasteiger partial charge in [0.1, 0.15) is 5.82 Å². The van der Waals surface area contributed by atoms with Crippen molar-refractivity contribution in [2.45, 2.75) is 20.0 Å². The molecule has 3 rings (SSSR count). The van der Waals surface area contributed by atoms with E-state index in [0.717, 1.165) is 16.4 Å². The molecular weight excluding hydrogens is 320 g/mol. The van der Waals surface area contributed by atoms with E-state index < -0.39 is 0 Å². The fourth-order valence-electron chi connectivity index (χ4n) is 2.34. The summed E-state index contributed by atoms with van der Waals surface area (Å²) in [6.07, 6.45) is 1.75. The maximum atomic E-state index is 5.90. The molecule has 122 valence electrons. The Bertz CT molecular complexity index is 802. The van der Waals surface area contributed by atoms with Crippen LogP contribution in [0, 0.1) is 6.92 Å². The average Bonchev–Trinajstić information content (AvgIpc) is 2.60. The lowest BCUT2D eigenvalue weighted by atomic mass is 10.1. The minimum atomic E-state index is 0.609. The highest BCUT2D eigenvalue weighted by Gasteiger charge is 2.00. The number of hydrogen-bond acceptors (Lipinski definition) is 4. The minimum absolute atomic E-state index is 0.609. The third-order valence-corrected chi connectivity index (χ3v) is 3.83. The molecule has 0 atom stereocenters. The summed E-state index contributed by atoms with van der Waals surface area (Å²) in [7, 11) is 0. The van der Waals surface area contributed by atoms with Gasteiger partial charge in [-0.2, -0.15) is 4.98 Å². The van der Waals surface area contributed by atoms with Gasteiger partial charge in [-0.1, -0.05) is 53.6 Å². The molecular formula is C19H19ClN4. The van der Waals surface area contributed by atoms with E-state index in [4.69, 9.17) is 11.6 Å². The molecule has 2 aromatic carbocycles. The number of hydrogen-bond donors (Lipinski definition) is 2. The first-order chi connectivity index (χ1) is 11.7. The number of aromatic nitrogens is 2. The molecule has 1 aromatic heterocycles. The predicted octanol–water partition coefficient (Wildman–Crippen LogP) is 4.66. The lowest BCUT2D eigenvalue weighted by Gasteiger charge is -2.09. The molecule has 3 aromatic rings. The van der Waals surface area contributed by atoms with E-state index in [-0.39, 0.29) is 0 Å². The van der Waals surface area contributed by atoms with Crippen LogP contribution in [0.2, 0.25) is 5.02 Å². The Morgan fingerprint density at radius 2 is 1.71 bits per heavy atom. The average molecular weight is 339 g/mol. The van der Waals surface area contributed by atoms with E-state index in [1.165, 1.54) is 11.1 Å². The Morgan fingerprint density at radius 3 is 2.50 bits per heavy atom. The van der Waals surface area contributed by atoms with Crippen LogP contribution in [0.15, 0.2) is 60.8 Å². The van der Waals surface area contributed by atoms with Crippen LogP contribution in [0.5, 0.6) is 0 Å². The van der Waals surface area contributed by atoms with E-state index in [1.54, 1.807) is 6.20 Å². The van der Waals surface area contributed by atoms with Crippen LogP contribution in [-0.2, 0) is 13.1 Å². The minimum Gasteiger partial charge on any atom is -0.366 e. The Kier molecular flexibility index (Phi) is 5.29. The van der Waals surface area contributed by atoms with Gasteiger partial charge in [-0.25, -0.2) is 4.98 Å². The van der Waals surface area contributed by atoms with Crippen LogP contribution < -0.4 is 10.6 Å². The SMILES string of the molecule is Cc1cccc(CNc2nccc(NCc3ccc(Cl)cc3)n2)c1. The molecule has 0 unspecified atom stereocenters. The predicted molar refractivity (Wildman–Crippen MR) is 99.3 cm³/mol. The van der Waals surface area contributed by atoms with Gasteiger partial charge in [-0.05, 0) is 36.2 Å². The molecule has 0 amide bonds. The first-order valence-corrected chi connectivity index (χ1v) is 8.17. The van der Waals surface area contributed by atoms with Gasteiger partial charge in [-0.3, -0.25) is 0 Å². The molecule has 0 fully saturated rings. The molecule has 0 aliphatic carbocycles. The highest BCUT2D eigenvalue weighted by atomic mass is 35.5. The summed E-state index contributed by atoms with van der Waals surface area (Å²) in [4.78, 5) is 8.75. The highest BCUT2D eigenvalue weighted by molar-refractivity contribution is 6.30. The molecule has 0 radical (unpaired) electrons. The van der Waals surface area contributed by atoms with Crippen LogP contribution in [-0.4, -0.2) is 9.97 Å². The van der Waals surface area contributed by atoms with Crippen molar-refractivity contribution in [1.29, 1.82) is 0 Å². The number of nitrogens with zero attached hydrogens (tertiary/aromatic N) is 2. The van der Waals surface area contributed by atoms with Gasteiger partial charge in [0.05, 0.1) is 0 Å². The molecule has 4 nitrogen and oxygen atoms in total. The Balaban J connectivity index is 1.58. The maximum Gasteiger partial charge on any atom is 0.224 e. The number of rotatable bonds is 6. The van der Waals surface area contributed by atoms with E-state index in [2.05, 4.69) is 51.8 Å². The Morgan fingerprint density at radius 1 is 0.917 bits per heavy atom. The molecule has 5 heteroatoms. The zero-order valence-corrected chi connectivity index (χ0v) is 14.2. The van der Waals surface area contributed by atoms with Crippen LogP contribution in [0.3, 0.4) is 0 Å². The topological polar surface area (TPSA) is 49.8 Å². The standard InChI is InChI=1S/C19H19ClN4/c1-14-3-2-4-16(11-14)13-23-19-21-10-9-18(24-19)22-12-15-5-7-17(20)8-6-15/h2-11H,12-13H2,1H3,(H2,21,22,23,24). The Hall–Kier alpha value is -2.59. The smallest absolute Gasteiger partial charge is 0.224 e. The molecule has 24 heavy (non-hydrogen) atoms. The summed E-state index contributed by atoms with van der Waals surface area (Å²) >= 11 is 5.90. The van der Waals surface area contributed by atoms with Crippen molar-refractivity contribution in [3.05, 3.63) is 82.5 Å². The highest BCUT2D eigenvalue weighted by Crippen LogP contribution is 2.12. The van der Waals surface area contributed by atoms with E-state index in [1.807, 2.05) is 30.3 Å². The molecule has 2 N–H and O–H groups in total. The molecule has 0 saturated heterocycles. The van der Waals surface area contributed by atoms with Gasteiger partial charge >= 0.3 is 0 Å². The molecule has 0 spiro atoms. The van der Waals surface area contributed by atoms with Crippen molar-refractivity contribution in [2.75, 3.05) is 10.6 Å². The summed E-state index contributed by atoms with van der Waals surface area (Å²) in [5.41, 5.74) is 3.60. The summed E-state index contributed by atoms with van der Waals surface area (Å²) in [5, 5.41) is 7.29. The number of aryl methyl sites for hydroxylation is 1. The van der Waals surface area contributed by atoms with Crippen LogP contribution in [0.25, 0.3) is 0 Å². The monoisotopic (exact) mass is 338 g/mol. The zero-order chi connectivity index (χ0) is 16.8. The number of halogens is 1. The van der Waals surface area contributed by atoms with E-state index in [9.17, 15) is 0 Å².